The molecular weight excluding hydrogens is 236 g/mol. The molecule has 3 nitrogen and oxygen atoms in total. The van der Waals surface area contributed by atoms with E-state index in [-0.39, 0.29) is 5.91 Å². The lowest BCUT2D eigenvalue weighted by atomic mass is 9.75. The number of carbonyl (C=O) groups is 1. The minimum absolute atomic E-state index is 0.223. The number of aromatic nitrogens is 1. The summed E-state index contributed by atoms with van der Waals surface area (Å²) in [6.07, 6.45) is 5.45. The van der Waals surface area contributed by atoms with Crippen molar-refractivity contribution in [3.8, 4) is 0 Å². The maximum Gasteiger partial charge on any atom is 0.219 e. The van der Waals surface area contributed by atoms with Crippen LogP contribution in [0.5, 0.6) is 0 Å². The average Bonchev–Trinajstić information content (AvgIpc) is 2.83. The van der Waals surface area contributed by atoms with Gasteiger partial charge in [-0.2, -0.15) is 0 Å². The first-order chi connectivity index (χ1) is 9.25. The average molecular weight is 254 g/mol. The standard InChI is InChI=1S/C16H18N2O/c1-10(19)18-7-3-5-12-13-4-2-6-14-16(13)11(9-17-14)8-15(12)18/h2,4,6,9,12,15,17H,3,5,7-8H2,1H3/t12-,15-/m1/s1. The van der Waals surface area contributed by atoms with Crippen LogP contribution in [-0.4, -0.2) is 28.4 Å². The number of fused-ring (bicyclic) bond motifs is 2. The Labute approximate surface area is 112 Å². The molecule has 0 spiro atoms. The van der Waals surface area contributed by atoms with Gasteiger partial charge in [-0.25, -0.2) is 0 Å². The monoisotopic (exact) mass is 254 g/mol. The van der Waals surface area contributed by atoms with Crippen molar-refractivity contribution in [3.05, 3.63) is 35.5 Å². The van der Waals surface area contributed by atoms with Crippen LogP contribution in [0.4, 0.5) is 0 Å². The van der Waals surface area contributed by atoms with Gasteiger partial charge in [-0.3, -0.25) is 4.79 Å². The first kappa shape index (κ1) is 11.1. The van der Waals surface area contributed by atoms with Crippen LogP contribution in [-0.2, 0) is 11.2 Å². The molecule has 2 heterocycles. The highest BCUT2D eigenvalue weighted by Gasteiger charge is 2.38. The van der Waals surface area contributed by atoms with Gasteiger partial charge in [0, 0.05) is 42.5 Å². The summed E-state index contributed by atoms with van der Waals surface area (Å²) in [6, 6.07) is 6.89. The molecule has 1 aliphatic carbocycles. The molecular formula is C16H18N2O. The molecule has 2 atom stereocenters. The summed E-state index contributed by atoms with van der Waals surface area (Å²) in [5, 5.41) is 1.41. The maximum atomic E-state index is 11.9. The minimum Gasteiger partial charge on any atom is -0.361 e. The van der Waals surface area contributed by atoms with Crippen molar-refractivity contribution in [3.63, 3.8) is 0 Å². The van der Waals surface area contributed by atoms with Gasteiger partial charge in [0.05, 0.1) is 0 Å². The van der Waals surface area contributed by atoms with E-state index in [9.17, 15) is 4.79 Å². The lowest BCUT2D eigenvalue weighted by Crippen LogP contribution is -2.48. The van der Waals surface area contributed by atoms with Gasteiger partial charge in [0.1, 0.15) is 0 Å². The number of hydrogen-bond acceptors (Lipinski definition) is 1. The van der Waals surface area contributed by atoms with Gasteiger partial charge >= 0.3 is 0 Å². The highest BCUT2D eigenvalue weighted by atomic mass is 16.2. The molecule has 19 heavy (non-hydrogen) atoms. The van der Waals surface area contributed by atoms with E-state index >= 15 is 0 Å². The van der Waals surface area contributed by atoms with Gasteiger partial charge < -0.3 is 9.88 Å². The number of hydrogen-bond donors (Lipinski definition) is 1. The first-order valence-electron chi connectivity index (χ1n) is 7.12. The van der Waals surface area contributed by atoms with Crippen LogP contribution in [0.3, 0.4) is 0 Å². The van der Waals surface area contributed by atoms with Crippen LogP contribution in [0.25, 0.3) is 10.9 Å². The maximum absolute atomic E-state index is 11.9. The van der Waals surface area contributed by atoms with Gasteiger partial charge in [-0.05, 0) is 36.5 Å². The Morgan fingerprint density at radius 1 is 1.42 bits per heavy atom. The predicted octanol–water partition coefficient (Wildman–Crippen LogP) is 2.82. The van der Waals surface area contributed by atoms with Crippen LogP contribution >= 0.6 is 0 Å². The largest absolute Gasteiger partial charge is 0.361 e. The predicted molar refractivity (Wildman–Crippen MR) is 75.2 cm³/mol. The Morgan fingerprint density at radius 2 is 2.32 bits per heavy atom. The normalized spacial score (nSPS) is 25.4. The minimum atomic E-state index is 0.223. The SMILES string of the molecule is CC(=O)N1CCC[C@@H]2c3cccc4[nH]cc(c34)C[C@H]21. The van der Waals surface area contributed by atoms with Crippen molar-refractivity contribution in [2.24, 2.45) is 0 Å². The fraction of sp³-hybridized carbons (Fsp3) is 0.438. The lowest BCUT2D eigenvalue weighted by Gasteiger charge is -2.43. The summed E-state index contributed by atoms with van der Waals surface area (Å²) in [5.74, 6) is 0.741. The number of H-pyrrole nitrogens is 1. The zero-order valence-corrected chi connectivity index (χ0v) is 11.1. The molecule has 0 bridgehead atoms. The summed E-state index contributed by atoms with van der Waals surface area (Å²) in [6.45, 7) is 2.63. The van der Waals surface area contributed by atoms with Crippen molar-refractivity contribution in [2.75, 3.05) is 6.54 Å². The third-order valence-electron chi connectivity index (χ3n) is 4.83. The molecule has 3 heteroatoms. The molecule has 2 aromatic rings. The van der Waals surface area contributed by atoms with Crippen LogP contribution in [0, 0.1) is 0 Å². The van der Waals surface area contributed by atoms with E-state index in [4.69, 9.17) is 0 Å². The zero-order chi connectivity index (χ0) is 13.0. The number of nitrogens with one attached hydrogen (secondary N) is 1. The third kappa shape index (κ3) is 1.47. The highest BCUT2D eigenvalue weighted by molar-refractivity contribution is 5.88. The molecule has 1 fully saturated rings. The molecule has 1 aromatic heterocycles. The molecule has 4 rings (SSSR count). The van der Waals surface area contributed by atoms with E-state index in [1.165, 1.54) is 28.5 Å². The molecule has 0 unspecified atom stereocenters. The molecule has 0 saturated carbocycles. The molecule has 1 aromatic carbocycles. The van der Waals surface area contributed by atoms with E-state index in [0.717, 1.165) is 19.4 Å². The van der Waals surface area contributed by atoms with Gasteiger partial charge in [0.25, 0.3) is 0 Å². The molecule has 98 valence electrons. The second-order valence-electron chi connectivity index (χ2n) is 5.82. The number of aromatic amines is 1. The smallest absolute Gasteiger partial charge is 0.219 e. The second kappa shape index (κ2) is 3.86. The van der Waals surface area contributed by atoms with E-state index in [1.54, 1.807) is 6.92 Å². The Kier molecular flexibility index (Phi) is 2.25. The van der Waals surface area contributed by atoms with Crippen molar-refractivity contribution in [1.82, 2.24) is 9.88 Å². The Hall–Kier alpha value is -1.77. The fourth-order valence-corrected chi connectivity index (χ4v) is 4.04. The second-order valence-corrected chi connectivity index (χ2v) is 5.82. The molecule has 0 radical (unpaired) electrons. The Balaban J connectivity index is 1.88. The number of piperidine rings is 1. The molecule has 1 N–H and O–H groups in total. The topological polar surface area (TPSA) is 36.1 Å². The van der Waals surface area contributed by atoms with Gasteiger partial charge in [0.2, 0.25) is 5.91 Å². The highest BCUT2D eigenvalue weighted by Crippen LogP contribution is 2.43. The van der Waals surface area contributed by atoms with Crippen molar-refractivity contribution < 1.29 is 4.79 Å². The summed E-state index contributed by atoms with van der Waals surface area (Å²) in [4.78, 5) is 17.3. The Bertz CT molecular complexity index is 658. The van der Waals surface area contributed by atoms with E-state index in [1.807, 2.05) is 0 Å². The summed E-state index contributed by atoms with van der Waals surface area (Å²) >= 11 is 0. The molecule has 2 aliphatic rings. The van der Waals surface area contributed by atoms with Crippen LogP contribution < -0.4 is 0 Å². The molecule has 1 amide bonds. The first-order valence-corrected chi connectivity index (χ1v) is 7.12. The lowest BCUT2D eigenvalue weighted by molar-refractivity contribution is -0.133. The van der Waals surface area contributed by atoms with Crippen molar-refractivity contribution in [2.45, 2.75) is 38.1 Å². The Morgan fingerprint density at radius 3 is 3.16 bits per heavy atom. The van der Waals surface area contributed by atoms with Gasteiger partial charge in [-0.15, -0.1) is 0 Å². The van der Waals surface area contributed by atoms with Crippen LogP contribution in [0.15, 0.2) is 24.4 Å². The summed E-state index contributed by atoms with van der Waals surface area (Å²) in [5.41, 5.74) is 4.06. The van der Waals surface area contributed by atoms with Gasteiger partial charge in [0.15, 0.2) is 0 Å². The van der Waals surface area contributed by atoms with E-state index in [0.29, 0.717) is 12.0 Å². The van der Waals surface area contributed by atoms with Crippen molar-refractivity contribution >= 4 is 16.8 Å². The van der Waals surface area contributed by atoms with Crippen molar-refractivity contribution in [1.29, 1.82) is 0 Å². The quantitative estimate of drug-likeness (QED) is 0.771. The van der Waals surface area contributed by atoms with Gasteiger partial charge in [-0.1, -0.05) is 12.1 Å². The van der Waals surface area contributed by atoms with E-state index < -0.39 is 0 Å². The number of amides is 1. The number of rotatable bonds is 0. The van der Waals surface area contributed by atoms with Crippen LogP contribution in [0.2, 0.25) is 0 Å². The summed E-state index contributed by atoms with van der Waals surface area (Å²) in [7, 11) is 0. The third-order valence-corrected chi connectivity index (χ3v) is 4.83. The number of likely N-dealkylation sites (tertiary alicyclic amines) is 1. The fourth-order valence-electron chi connectivity index (χ4n) is 4.04. The van der Waals surface area contributed by atoms with Crippen LogP contribution in [0.1, 0.15) is 36.8 Å². The number of benzene rings is 1. The molecule has 1 aliphatic heterocycles. The molecule has 1 saturated heterocycles. The number of nitrogens with zero attached hydrogens (tertiary/aromatic N) is 1. The number of carbonyl (C=O) groups excluding carboxylic acids is 1. The zero-order valence-electron chi connectivity index (χ0n) is 11.1. The van der Waals surface area contributed by atoms with E-state index in [2.05, 4.69) is 34.3 Å². The summed E-state index contributed by atoms with van der Waals surface area (Å²) < 4.78 is 0.